The van der Waals surface area contributed by atoms with Gasteiger partial charge in [0.15, 0.2) is 0 Å². The van der Waals surface area contributed by atoms with Crippen LogP contribution in [0.1, 0.15) is 19.4 Å². The van der Waals surface area contributed by atoms with Crippen LogP contribution in [-0.2, 0) is 11.3 Å². The predicted molar refractivity (Wildman–Crippen MR) is 83.3 cm³/mol. The van der Waals surface area contributed by atoms with E-state index < -0.39 is 5.97 Å². The second-order valence-corrected chi connectivity index (χ2v) is 5.96. The first-order valence-corrected chi connectivity index (χ1v) is 7.42. The Labute approximate surface area is 126 Å². The molecule has 0 unspecified atom stereocenters. The molecule has 0 aliphatic carbocycles. The lowest BCUT2D eigenvalue weighted by molar-refractivity contribution is -0.131. The molecule has 6 heteroatoms. The van der Waals surface area contributed by atoms with Crippen molar-refractivity contribution in [3.63, 3.8) is 0 Å². The Balaban J connectivity index is 2.55. The molecule has 0 radical (unpaired) electrons. The molecule has 0 saturated heterocycles. The summed E-state index contributed by atoms with van der Waals surface area (Å²) in [5, 5.41) is 15.0. The van der Waals surface area contributed by atoms with Crippen LogP contribution in [-0.4, -0.2) is 20.9 Å². The highest BCUT2D eigenvalue weighted by Gasteiger charge is 2.10. The molecule has 21 heavy (non-hydrogen) atoms. The SMILES string of the molecule is CC(C)Cn1nc(-c2cccs2)cc(/C=C/C(=O)O)c1=O. The van der Waals surface area contributed by atoms with Gasteiger partial charge in [-0.3, -0.25) is 4.79 Å². The van der Waals surface area contributed by atoms with Crippen molar-refractivity contribution in [3.05, 3.63) is 45.6 Å². The third kappa shape index (κ3) is 3.88. The van der Waals surface area contributed by atoms with Crippen molar-refractivity contribution in [2.45, 2.75) is 20.4 Å². The molecule has 0 aliphatic heterocycles. The Morgan fingerprint density at radius 1 is 1.52 bits per heavy atom. The number of carbonyl (C=O) groups is 1. The molecule has 0 amide bonds. The molecule has 2 aromatic heterocycles. The van der Waals surface area contributed by atoms with E-state index in [0.29, 0.717) is 17.8 Å². The molecule has 0 aliphatic rings. The molecular weight excluding hydrogens is 288 g/mol. The maximum Gasteiger partial charge on any atom is 0.328 e. The van der Waals surface area contributed by atoms with Gasteiger partial charge in [-0.15, -0.1) is 11.3 Å². The monoisotopic (exact) mass is 304 g/mol. The summed E-state index contributed by atoms with van der Waals surface area (Å²) in [7, 11) is 0. The van der Waals surface area contributed by atoms with Crippen molar-refractivity contribution in [1.82, 2.24) is 9.78 Å². The summed E-state index contributed by atoms with van der Waals surface area (Å²) in [6.45, 7) is 4.49. The summed E-state index contributed by atoms with van der Waals surface area (Å²) >= 11 is 1.52. The van der Waals surface area contributed by atoms with E-state index in [-0.39, 0.29) is 11.5 Å². The van der Waals surface area contributed by atoms with E-state index in [0.717, 1.165) is 11.0 Å². The Morgan fingerprint density at radius 2 is 2.29 bits per heavy atom. The number of carboxylic acids is 1. The van der Waals surface area contributed by atoms with Gasteiger partial charge in [0.1, 0.15) is 5.69 Å². The van der Waals surface area contributed by atoms with Crippen LogP contribution in [0, 0.1) is 5.92 Å². The second kappa shape index (κ2) is 6.49. The Kier molecular flexibility index (Phi) is 4.70. The van der Waals surface area contributed by atoms with Gasteiger partial charge in [-0.25, -0.2) is 9.48 Å². The van der Waals surface area contributed by atoms with Crippen LogP contribution < -0.4 is 5.56 Å². The molecule has 2 aromatic rings. The highest BCUT2D eigenvalue weighted by atomic mass is 32.1. The number of thiophene rings is 1. The summed E-state index contributed by atoms with van der Waals surface area (Å²) in [6.07, 6.45) is 2.29. The lowest BCUT2D eigenvalue weighted by Gasteiger charge is -2.10. The second-order valence-electron chi connectivity index (χ2n) is 5.01. The van der Waals surface area contributed by atoms with Crippen molar-refractivity contribution in [3.8, 4) is 10.6 Å². The maximum absolute atomic E-state index is 12.3. The lowest BCUT2D eigenvalue weighted by Crippen LogP contribution is -2.27. The normalized spacial score (nSPS) is 11.4. The summed E-state index contributed by atoms with van der Waals surface area (Å²) in [5.74, 6) is -0.815. The fourth-order valence-electron chi connectivity index (χ4n) is 1.86. The van der Waals surface area contributed by atoms with Gasteiger partial charge in [-0.05, 0) is 29.5 Å². The smallest absolute Gasteiger partial charge is 0.328 e. The van der Waals surface area contributed by atoms with Crippen LogP contribution in [0.4, 0.5) is 0 Å². The fourth-order valence-corrected chi connectivity index (χ4v) is 2.54. The Morgan fingerprint density at radius 3 is 2.86 bits per heavy atom. The minimum atomic E-state index is -1.08. The van der Waals surface area contributed by atoms with Crippen LogP contribution in [0.15, 0.2) is 34.4 Å². The number of hydrogen-bond acceptors (Lipinski definition) is 4. The van der Waals surface area contributed by atoms with Crippen LogP contribution in [0.25, 0.3) is 16.6 Å². The average Bonchev–Trinajstić information content (AvgIpc) is 2.93. The van der Waals surface area contributed by atoms with Gasteiger partial charge < -0.3 is 5.11 Å². The van der Waals surface area contributed by atoms with E-state index in [1.807, 2.05) is 31.4 Å². The number of nitrogens with zero attached hydrogens (tertiary/aromatic N) is 2. The lowest BCUT2D eigenvalue weighted by atomic mass is 10.2. The third-order valence-electron chi connectivity index (χ3n) is 2.72. The molecule has 0 fully saturated rings. The van der Waals surface area contributed by atoms with E-state index in [4.69, 9.17) is 5.11 Å². The van der Waals surface area contributed by atoms with E-state index in [2.05, 4.69) is 5.10 Å². The van der Waals surface area contributed by atoms with Crippen molar-refractivity contribution < 1.29 is 9.90 Å². The van der Waals surface area contributed by atoms with Gasteiger partial charge in [-0.2, -0.15) is 5.10 Å². The molecule has 0 atom stereocenters. The van der Waals surface area contributed by atoms with E-state index in [9.17, 15) is 9.59 Å². The van der Waals surface area contributed by atoms with Crippen LogP contribution in [0.3, 0.4) is 0 Å². The van der Waals surface area contributed by atoms with Gasteiger partial charge in [0.2, 0.25) is 0 Å². The number of hydrogen-bond donors (Lipinski definition) is 1. The van der Waals surface area contributed by atoms with E-state index >= 15 is 0 Å². The van der Waals surface area contributed by atoms with Gasteiger partial charge >= 0.3 is 5.97 Å². The largest absolute Gasteiger partial charge is 0.478 e. The van der Waals surface area contributed by atoms with E-state index in [1.165, 1.54) is 22.1 Å². The maximum atomic E-state index is 12.3. The van der Waals surface area contributed by atoms with E-state index in [1.54, 1.807) is 6.07 Å². The first kappa shape index (κ1) is 15.2. The predicted octanol–water partition coefficient (Wildman–Crippen LogP) is 2.73. The molecule has 0 bridgehead atoms. The number of rotatable bonds is 5. The molecule has 2 heterocycles. The number of aromatic nitrogens is 2. The van der Waals surface area contributed by atoms with Gasteiger partial charge in [0.25, 0.3) is 5.56 Å². The fraction of sp³-hybridized carbons (Fsp3) is 0.267. The molecule has 5 nitrogen and oxygen atoms in total. The number of aliphatic carboxylic acids is 1. The molecule has 1 N–H and O–H groups in total. The Bertz CT molecular complexity index is 715. The van der Waals surface area contributed by atoms with Gasteiger partial charge in [-0.1, -0.05) is 19.9 Å². The van der Waals surface area contributed by atoms with Crippen molar-refractivity contribution >= 4 is 23.4 Å². The summed E-state index contributed by atoms with van der Waals surface area (Å²) in [4.78, 5) is 23.9. The van der Waals surface area contributed by atoms with Gasteiger partial charge in [0.05, 0.1) is 4.88 Å². The van der Waals surface area contributed by atoms with Crippen molar-refractivity contribution in [2.75, 3.05) is 0 Å². The average molecular weight is 304 g/mol. The standard InChI is InChI=1S/C15H16N2O3S/c1-10(2)9-17-15(20)11(5-6-14(18)19)8-12(16-17)13-4-3-7-21-13/h3-8,10H,9H2,1-2H3,(H,18,19)/b6-5+. The van der Waals surface area contributed by atoms with Crippen LogP contribution in [0.2, 0.25) is 0 Å². The zero-order valence-electron chi connectivity index (χ0n) is 11.8. The molecule has 110 valence electrons. The summed E-state index contributed by atoms with van der Waals surface area (Å²) < 4.78 is 1.40. The molecular formula is C15H16N2O3S. The Hall–Kier alpha value is -2.21. The quantitative estimate of drug-likeness (QED) is 0.862. The molecule has 2 rings (SSSR count). The molecule has 0 saturated carbocycles. The van der Waals surface area contributed by atoms with Crippen molar-refractivity contribution in [2.24, 2.45) is 5.92 Å². The zero-order chi connectivity index (χ0) is 15.4. The van der Waals surface area contributed by atoms with Crippen LogP contribution in [0.5, 0.6) is 0 Å². The minimum Gasteiger partial charge on any atom is -0.478 e. The zero-order valence-corrected chi connectivity index (χ0v) is 12.6. The first-order chi connectivity index (χ1) is 9.97. The number of carboxylic acid groups (broad SMARTS) is 1. The van der Waals surface area contributed by atoms with Crippen LogP contribution >= 0.6 is 11.3 Å². The molecule has 0 aromatic carbocycles. The van der Waals surface area contributed by atoms with Crippen molar-refractivity contribution in [1.29, 1.82) is 0 Å². The highest BCUT2D eigenvalue weighted by Crippen LogP contribution is 2.22. The third-order valence-corrected chi connectivity index (χ3v) is 3.61. The topological polar surface area (TPSA) is 72.2 Å². The van der Waals surface area contributed by atoms with Gasteiger partial charge in [0, 0.05) is 18.2 Å². The first-order valence-electron chi connectivity index (χ1n) is 6.54. The summed E-state index contributed by atoms with van der Waals surface area (Å²) in [5.41, 5.74) is 0.730. The molecule has 0 spiro atoms. The minimum absolute atomic E-state index is 0.269. The summed E-state index contributed by atoms with van der Waals surface area (Å²) in [6, 6.07) is 5.46. The highest BCUT2D eigenvalue weighted by molar-refractivity contribution is 7.13.